The Morgan fingerprint density at radius 1 is 1.19 bits per heavy atom. The fraction of sp³-hybridized carbons (Fsp3) is 0.286. The van der Waals surface area contributed by atoms with E-state index in [2.05, 4.69) is 4.74 Å². The van der Waals surface area contributed by atoms with E-state index in [-0.39, 0.29) is 30.3 Å². The van der Waals surface area contributed by atoms with Crippen molar-refractivity contribution >= 4 is 11.9 Å². The highest BCUT2D eigenvalue weighted by atomic mass is 16.6. The van der Waals surface area contributed by atoms with Gasteiger partial charge in [-0.3, -0.25) is 0 Å². The maximum atomic E-state index is 11.9. The van der Waals surface area contributed by atoms with Crippen molar-refractivity contribution in [2.45, 2.75) is 20.1 Å². The predicted octanol–water partition coefficient (Wildman–Crippen LogP) is 1.82. The van der Waals surface area contributed by atoms with Gasteiger partial charge in [0.05, 0.1) is 7.11 Å². The van der Waals surface area contributed by atoms with Gasteiger partial charge >= 0.3 is 11.9 Å². The molecule has 2 aromatic heterocycles. The maximum absolute atomic E-state index is 11.9. The van der Waals surface area contributed by atoms with E-state index in [0.717, 1.165) is 0 Å². The van der Waals surface area contributed by atoms with Crippen LogP contribution in [0.15, 0.2) is 27.0 Å². The Hall–Kier alpha value is -2.54. The molecule has 0 aliphatic carbocycles. The van der Waals surface area contributed by atoms with Gasteiger partial charge in [-0.1, -0.05) is 0 Å². The van der Waals surface area contributed by atoms with Gasteiger partial charge in [-0.2, -0.15) is 0 Å². The summed E-state index contributed by atoms with van der Waals surface area (Å²) in [4.78, 5) is 23.1. The van der Waals surface area contributed by atoms with Crippen molar-refractivity contribution in [3.63, 3.8) is 0 Å². The number of carbonyl (C=O) groups is 2. The largest absolute Gasteiger partial charge is 0.463 e. The zero-order valence-electron chi connectivity index (χ0n) is 11.5. The minimum absolute atomic E-state index is 0.0330. The topological polar surface area (TPSA) is 99.1 Å². The number of aliphatic hydroxyl groups is 1. The number of hydrogen-bond acceptors (Lipinski definition) is 7. The Kier molecular flexibility index (Phi) is 4.44. The Labute approximate surface area is 120 Å². The van der Waals surface area contributed by atoms with Crippen LogP contribution in [0.25, 0.3) is 0 Å². The number of ether oxygens (including phenoxy) is 2. The van der Waals surface area contributed by atoms with E-state index in [9.17, 15) is 9.59 Å². The minimum atomic E-state index is -0.606. The van der Waals surface area contributed by atoms with E-state index >= 15 is 0 Å². The first-order valence-electron chi connectivity index (χ1n) is 6.09. The van der Waals surface area contributed by atoms with E-state index in [1.165, 1.54) is 25.3 Å². The first kappa shape index (κ1) is 14.9. The molecule has 0 aliphatic rings. The zero-order valence-corrected chi connectivity index (χ0v) is 11.5. The summed E-state index contributed by atoms with van der Waals surface area (Å²) in [5.74, 6) is -0.222. The lowest BCUT2D eigenvalue weighted by molar-refractivity contribution is 0.0436. The lowest BCUT2D eigenvalue weighted by atomic mass is 10.2. The van der Waals surface area contributed by atoms with Crippen molar-refractivity contribution in [3.05, 3.63) is 46.8 Å². The predicted molar refractivity (Wildman–Crippen MR) is 68.5 cm³/mol. The molecule has 0 aliphatic heterocycles. The van der Waals surface area contributed by atoms with Crippen LogP contribution in [-0.4, -0.2) is 24.2 Å². The molecule has 1 N–H and O–H groups in total. The molecule has 0 amide bonds. The third-order valence-corrected chi connectivity index (χ3v) is 2.74. The number of aryl methyl sites for hydroxylation is 1. The summed E-state index contributed by atoms with van der Waals surface area (Å²) in [6.07, 6.45) is 0. The second-order valence-corrected chi connectivity index (χ2v) is 4.17. The summed E-state index contributed by atoms with van der Waals surface area (Å²) in [5.41, 5.74) is 0.235. The van der Waals surface area contributed by atoms with Crippen LogP contribution >= 0.6 is 0 Å². The van der Waals surface area contributed by atoms with Crippen LogP contribution < -0.4 is 0 Å². The van der Waals surface area contributed by atoms with Crippen LogP contribution in [-0.2, 0) is 22.7 Å². The first-order chi connectivity index (χ1) is 10.0. The fourth-order valence-electron chi connectivity index (χ4n) is 1.70. The number of hydrogen-bond donors (Lipinski definition) is 1. The SMILES string of the molecule is COC(=O)c1ccc(COC(=O)c2cc(CO)oc2C)o1. The lowest BCUT2D eigenvalue weighted by Crippen LogP contribution is -2.05. The molecule has 2 aromatic rings. The van der Waals surface area contributed by atoms with Gasteiger partial charge in [-0.15, -0.1) is 0 Å². The molecular formula is C14H14O7. The van der Waals surface area contributed by atoms with Crippen molar-refractivity contribution in [2.75, 3.05) is 7.11 Å². The molecule has 0 unspecified atom stereocenters. The third kappa shape index (κ3) is 3.32. The van der Waals surface area contributed by atoms with Crippen LogP contribution in [0.2, 0.25) is 0 Å². The van der Waals surface area contributed by atoms with Gasteiger partial charge in [0.25, 0.3) is 0 Å². The molecule has 21 heavy (non-hydrogen) atoms. The maximum Gasteiger partial charge on any atom is 0.373 e. The van der Waals surface area contributed by atoms with Crippen molar-refractivity contribution < 1.29 is 33.0 Å². The molecule has 2 heterocycles. The highest BCUT2D eigenvalue weighted by Crippen LogP contribution is 2.17. The Morgan fingerprint density at radius 2 is 1.95 bits per heavy atom. The van der Waals surface area contributed by atoms with E-state index in [4.69, 9.17) is 18.7 Å². The van der Waals surface area contributed by atoms with Crippen LogP contribution in [0.4, 0.5) is 0 Å². The number of esters is 2. The van der Waals surface area contributed by atoms with E-state index in [0.29, 0.717) is 11.5 Å². The highest BCUT2D eigenvalue weighted by Gasteiger charge is 2.17. The monoisotopic (exact) mass is 294 g/mol. The van der Waals surface area contributed by atoms with Crippen molar-refractivity contribution in [3.8, 4) is 0 Å². The van der Waals surface area contributed by atoms with Crippen molar-refractivity contribution in [1.82, 2.24) is 0 Å². The van der Waals surface area contributed by atoms with Crippen LogP contribution in [0, 0.1) is 6.92 Å². The number of furan rings is 2. The van der Waals surface area contributed by atoms with E-state index in [1.807, 2.05) is 0 Å². The molecule has 0 radical (unpaired) electrons. The molecule has 0 saturated heterocycles. The summed E-state index contributed by atoms with van der Waals surface area (Å²) in [5, 5.41) is 8.94. The molecule has 7 heteroatoms. The molecule has 7 nitrogen and oxygen atoms in total. The highest BCUT2D eigenvalue weighted by molar-refractivity contribution is 5.90. The van der Waals surface area contributed by atoms with Crippen molar-refractivity contribution in [2.24, 2.45) is 0 Å². The fourth-order valence-corrected chi connectivity index (χ4v) is 1.70. The van der Waals surface area contributed by atoms with E-state index in [1.54, 1.807) is 6.92 Å². The Bertz CT molecular complexity index is 650. The molecule has 2 rings (SSSR count). The number of aliphatic hydroxyl groups excluding tert-OH is 1. The summed E-state index contributed by atoms with van der Waals surface area (Å²) in [7, 11) is 1.24. The standard InChI is InChI=1S/C14H14O7/c1-8-11(5-10(6-15)20-8)13(16)19-7-9-3-4-12(21-9)14(17)18-2/h3-5,15H,6-7H2,1-2H3. The third-order valence-electron chi connectivity index (χ3n) is 2.74. The smallest absolute Gasteiger partial charge is 0.373 e. The molecule has 0 spiro atoms. The van der Waals surface area contributed by atoms with Gasteiger partial charge in [0.2, 0.25) is 5.76 Å². The van der Waals surface area contributed by atoms with Gasteiger partial charge in [0.15, 0.2) is 0 Å². The second-order valence-electron chi connectivity index (χ2n) is 4.17. The Morgan fingerprint density at radius 3 is 2.57 bits per heavy atom. The minimum Gasteiger partial charge on any atom is -0.463 e. The quantitative estimate of drug-likeness (QED) is 0.839. The molecule has 0 atom stereocenters. The number of methoxy groups -OCH3 is 1. The van der Waals surface area contributed by atoms with Gasteiger partial charge in [0, 0.05) is 0 Å². The molecule has 112 valence electrons. The molecular weight excluding hydrogens is 280 g/mol. The summed E-state index contributed by atoms with van der Waals surface area (Å²) >= 11 is 0. The molecule has 0 bridgehead atoms. The van der Waals surface area contributed by atoms with Gasteiger partial charge in [-0.25, -0.2) is 9.59 Å². The zero-order chi connectivity index (χ0) is 15.4. The van der Waals surface area contributed by atoms with Gasteiger partial charge in [-0.05, 0) is 25.1 Å². The Balaban J connectivity index is 1.99. The average molecular weight is 294 g/mol. The first-order valence-corrected chi connectivity index (χ1v) is 6.09. The average Bonchev–Trinajstić information content (AvgIpc) is 3.10. The lowest BCUT2D eigenvalue weighted by Gasteiger charge is -2.01. The van der Waals surface area contributed by atoms with Crippen LogP contribution in [0.3, 0.4) is 0 Å². The van der Waals surface area contributed by atoms with Gasteiger partial charge < -0.3 is 23.4 Å². The number of carbonyl (C=O) groups excluding carboxylic acids is 2. The molecule has 0 aromatic carbocycles. The summed E-state index contributed by atoms with van der Waals surface area (Å²) in [6.45, 7) is 1.17. The summed E-state index contributed by atoms with van der Waals surface area (Å²) < 4.78 is 19.9. The summed E-state index contributed by atoms with van der Waals surface area (Å²) in [6, 6.07) is 4.36. The van der Waals surface area contributed by atoms with Gasteiger partial charge in [0.1, 0.15) is 36.1 Å². The van der Waals surface area contributed by atoms with E-state index < -0.39 is 11.9 Å². The van der Waals surface area contributed by atoms with Crippen LogP contribution in [0.1, 0.15) is 38.2 Å². The normalized spacial score (nSPS) is 10.4. The number of rotatable bonds is 5. The molecule has 0 saturated carbocycles. The van der Waals surface area contributed by atoms with Crippen molar-refractivity contribution in [1.29, 1.82) is 0 Å². The second kappa shape index (κ2) is 6.27. The van der Waals surface area contributed by atoms with Crippen LogP contribution in [0.5, 0.6) is 0 Å². The molecule has 0 fully saturated rings.